The smallest absolute Gasteiger partial charge is 0.251 e. The summed E-state index contributed by atoms with van der Waals surface area (Å²) in [5, 5.41) is 11.4. The number of fused-ring (bicyclic) bond motifs is 1. The lowest BCUT2D eigenvalue weighted by Gasteiger charge is -2.12. The lowest BCUT2D eigenvalue weighted by molar-refractivity contribution is 0.0953. The highest BCUT2D eigenvalue weighted by molar-refractivity contribution is 6.00. The van der Waals surface area contributed by atoms with Crippen molar-refractivity contribution in [3.05, 3.63) is 89.5 Å². The Morgan fingerprint density at radius 2 is 2.00 bits per heavy atom. The molecule has 2 aromatic heterocycles. The summed E-state index contributed by atoms with van der Waals surface area (Å²) in [6.07, 6.45) is 6.76. The van der Waals surface area contributed by atoms with Crippen LogP contribution in [0.1, 0.15) is 42.1 Å². The van der Waals surface area contributed by atoms with E-state index in [1.165, 1.54) is 18.5 Å². The number of benzene rings is 2. The van der Waals surface area contributed by atoms with E-state index in [0.717, 1.165) is 28.9 Å². The number of aromatic nitrogens is 5. The van der Waals surface area contributed by atoms with E-state index in [9.17, 15) is 9.18 Å². The van der Waals surface area contributed by atoms with Gasteiger partial charge >= 0.3 is 0 Å². The fourth-order valence-corrected chi connectivity index (χ4v) is 3.69. The van der Waals surface area contributed by atoms with Crippen LogP contribution >= 0.6 is 0 Å². The van der Waals surface area contributed by atoms with Crippen molar-refractivity contribution in [2.75, 3.05) is 6.54 Å². The van der Waals surface area contributed by atoms with Crippen LogP contribution in [-0.2, 0) is 6.42 Å². The van der Waals surface area contributed by atoms with Crippen LogP contribution in [0.25, 0.3) is 27.9 Å². The van der Waals surface area contributed by atoms with Crippen LogP contribution in [0.5, 0.6) is 0 Å². The third-order valence-electron chi connectivity index (χ3n) is 5.60. The summed E-state index contributed by atoms with van der Waals surface area (Å²) >= 11 is 0. The van der Waals surface area contributed by atoms with Crippen LogP contribution in [0.15, 0.2) is 71.6 Å². The predicted molar refractivity (Wildman–Crippen MR) is 139 cm³/mol. The number of halogens is 1. The number of nitrogens with zero attached hydrogens (tertiary/aromatic N) is 5. The van der Waals surface area contributed by atoms with Gasteiger partial charge in [0.15, 0.2) is 5.82 Å². The second-order valence-electron chi connectivity index (χ2n) is 8.12. The third-order valence-corrected chi connectivity index (χ3v) is 5.60. The Kier molecular flexibility index (Phi) is 7.69. The van der Waals surface area contributed by atoms with Crippen LogP contribution in [0.2, 0.25) is 0 Å². The Hall–Kier alpha value is -4.53. The van der Waals surface area contributed by atoms with Gasteiger partial charge in [-0.15, -0.1) is 10.2 Å². The first-order valence-electron chi connectivity index (χ1n) is 11.5. The highest BCUT2D eigenvalue weighted by Crippen LogP contribution is 2.28. The second-order valence-corrected chi connectivity index (χ2v) is 8.12. The van der Waals surface area contributed by atoms with Gasteiger partial charge < -0.3 is 10.3 Å². The largest absolute Gasteiger partial charge is 0.352 e. The minimum Gasteiger partial charge on any atom is -0.352 e. The van der Waals surface area contributed by atoms with Gasteiger partial charge in [-0.1, -0.05) is 6.08 Å². The van der Waals surface area contributed by atoms with Gasteiger partial charge in [0.05, 0.1) is 11.2 Å². The summed E-state index contributed by atoms with van der Waals surface area (Å²) in [5.74, 6) is 0.671. The first-order chi connectivity index (χ1) is 17.5. The number of aliphatic imine (C=N–C) groups is 1. The molecule has 0 saturated heterocycles. The van der Waals surface area contributed by atoms with E-state index in [1.54, 1.807) is 24.3 Å². The third kappa shape index (κ3) is 5.75. The van der Waals surface area contributed by atoms with Crippen molar-refractivity contribution in [3.8, 4) is 11.4 Å². The predicted octanol–water partition coefficient (Wildman–Crippen LogP) is 4.92. The maximum absolute atomic E-state index is 13.5. The number of hydrogen-bond acceptors (Lipinski definition) is 6. The summed E-state index contributed by atoms with van der Waals surface area (Å²) in [5.41, 5.74) is 4.01. The van der Waals surface area contributed by atoms with Gasteiger partial charge in [0.2, 0.25) is 0 Å². The van der Waals surface area contributed by atoms with Crippen molar-refractivity contribution in [1.82, 2.24) is 30.5 Å². The van der Waals surface area contributed by atoms with Crippen LogP contribution in [0, 0.1) is 5.82 Å². The van der Waals surface area contributed by atoms with Crippen molar-refractivity contribution >= 4 is 29.1 Å². The molecule has 0 saturated carbocycles. The SMILES string of the molecule is C=N/C(C)=C\C(=C/C)c1nc(-c2ccc(F)cc2)nc2cc(C(=O)NCCCc3nnc[nH]3)ccc12. The average molecular weight is 484 g/mol. The van der Waals surface area contributed by atoms with Crippen LogP contribution in [0.4, 0.5) is 4.39 Å². The maximum Gasteiger partial charge on any atom is 0.251 e. The molecule has 8 nitrogen and oxygen atoms in total. The van der Waals surface area contributed by atoms with Crippen molar-refractivity contribution in [2.45, 2.75) is 26.7 Å². The zero-order valence-electron chi connectivity index (χ0n) is 20.1. The molecule has 0 bridgehead atoms. The lowest BCUT2D eigenvalue weighted by Crippen LogP contribution is -2.24. The minimum atomic E-state index is -0.341. The molecule has 4 aromatic rings. The molecule has 2 N–H and O–H groups in total. The minimum absolute atomic E-state index is 0.198. The number of H-pyrrole nitrogens is 1. The van der Waals surface area contributed by atoms with Gasteiger partial charge in [0.25, 0.3) is 5.91 Å². The van der Waals surface area contributed by atoms with Gasteiger partial charge in [-0.25, -0.2) is 14.4 Å². The molecule has 4 rings (SSSR count). The lowest BCUT2D eigenvalue weighted by atomic mass is 10.0. The molecule has 2 aromatic carbocycles. The Labute approximate surface area is 208 Å². The van der Waals surface area contributed by atoms with E-state index < -0.39 is 0 Å². The van der Waals surface area contributed by atoms with Crippen molar-refractivity contribution in [1.29, 1.82) is 0 Å². The molecular formula is C27H26FN7O. The normalized spacial score (nSPS) is 12.1. The molecule has 9 heteroatoms. The maximum atomic E-state index is 13.5. The van der Waals surface area contributed by atoms with E-state index in [1.807, 2.05) is 32.1 Å². The molecule has 0 atom stereocenters. The monoisotopic (exact) mass is 483 g/mol. The molecule has 0 aliphatic rings. The highest BCUT2D eigenvalue weighted by Gasteiger charge is 2.15. The molecule has 36 heavy (non-hydrogen) atoms. The number of nitrogens with one attached hydrogen (secondary N) is 2. The van der Waals surface area contributed by atoms with Crippen molar-refractivity contribution < 1.29 is 9.18 Å². The number of amides is 1. The van der Waals surface area contributed by atoms with E-state index >= 15 is 0 Å². The van der Waals surface area contributed by atoms with E-state index in [4.69, 9.17) is 9.97 Å². The summed E-state index contributed by atoms with van der Waals surface area (Å²) < 4.78 is 13.5. The number of carbonyl (C=O) groups excluding carboxylic acids is 1. The zero-order valence-corrected chi connectivity index (χ0v) is 20.1. The molecule has 0 spiro atoms. The number of carbonyl (C=O) groups is 1. The molecule has 0 aliphatic heterocycles. The average Bonchev–Trinajstić information content (AvgIpc) is 3.42. The van der Waals surface area contributed by atoms with Gasteiger partial charge in [-0.05, 0) is 81.1 Å². The highest BCUT2D eigenvalue weighted by atomic mass is 19.1. The number of allylic oxidation sites excluding steroid dienone is 4. The van der Waals surface area contributed by atoms with Gasteiger partial charge in [0, 0.05) is 35.2 Å². The number of aryl methyl sites for hydroxylation is 1. The number of hydrogen-bond donors (Lipinski definition) is 2. The van der Waals surface area contributed by atoms with E-state index in [2.05, 4.69) is 32.2 Å². The Balaban J connectivity index is 1.69. The Morgan fingerprint density at radius 1 is 1.19 bits per heavy atom. The zero-order chi connectivity index (χ0) is 25.5. The Morgan fingerprint density at radius 3 is 2.69 bits per heavy atom. The summed E-state index contributed by atoms with van der Waals surface area (Å²) in [4.78, 5) is 29.3. The van der Waals surface area contributed by atoms with Gasteiger partial charge in [0.1, 0.15) is 18.0 Å². The first-order valence-corrected chi connectivity index (χ1v) is 11.5. The van der Waals surface area contributed by atoms with Crippen LogP contribution < -0.4 is 5.32 Å². The van der Waals surface area contributed by atoms with Crippen LogP contribution in [-0.4, -0.2) is 44.3 Å². The van der Waals surface area contributed by atoms with Crippen molar-refractivity contribution in [2.24, 2.45) is 4.99 Å². The van der Waals surface area contributed by atoms with Crippen molar-refractivity contribution in [3.63, 3.8) is 0 Å². The summed E-state index contributed by atoms with van der Waals surface area (Å²) in [6.45, 7) is 7.85. The van der Waals surface area contributed by atoms with E-state index in [-0.39, 0.29) is 11.7 Å². The van der Waals surface area contributed by atoms with Crippen LogP contribution in [0.3, 0.4) is 0 Å². The van der Waals surface area contributed by atoms with Gasteiger partial charge in [-0.2, -0.15) is 0 Å². The molecule has 0 unspecified atom stereocenters. The second kappa shape index (κ2) is 11.3. The number of aromatic amines is 1. The topological polar surface area (TPSA) is 109 Å². The number of rotatable bonds is 9. The summed E-state index contributed by atoms with van der Waals surface area (Å²) in [7, 11) is 0. The van der Waals surface area contributed by atoms with E-state index in [0.29, 0.717) is 41.1 Å². The Bertz CT molecular complexity index is 1440. The summed E-state index contributed by atoms with van der Waals surface area (Å²) in [6, 6.07) is 11.3. The molecule has 0 aliphatic carbocycles. The molecule has 0 fully saturated rings. The quantitative estimate of drug-likeness (QED) is 0.199. The molecular weight excluding hydrogens is 457 g/mol. The molecule has 2 heterocycles. The van der Waals surface area contributed by atoms with Gasteiger partial charge in [-0.3, -0.25) is 9.79 Å². The first kappa shape index (κ1) is 24.6. The fraction of sp³-hybridized carbons (Fsp3) is 0.185. The molecule has 0 radical (unpaired) electrons. The standard InChI is InChI=1S/C27H26FN7O/c1-4-18(14-17(2)29-3)25-22-12-9-20(27(36)30-13-5-6-24-31-16-32-35-24)15-23(22)33-26(34-25)19-7-10-21(28)11-8-19/h4,7-12,14-16H,3,5-6,13H2,1-2H3,(H,30,36)(H,31,32,35)/b17-14-,18-4+. The fourth-order valence-electron chi connectivity index (χ4n) is 3.69. The molecule has 182 valence electrons. The molecule has 1 amide bonds.